The highest BCUT2D eigenvalue weighted by Gasteiger charge is 2.45. The maximum Gasteiger partial charge on any atom is 0.230 e. The average molecular weight is 278 g/mol. The Morgan fingerprint density at radius 2 is 2.05 bits per heavy atom. The molecular formula is C15H22N2O3. The molecule has 1 aromatic rings. The Kier molecular flexibility index (Phi) is 3.07. The monoisotopic (exact) mass is 278 g/mol. The van der Waals surface area contributed by atoms with E-state index >= 15 is 0 Å². The molecule has 3 atom stereocenters. The van der Waals surface area contributed by atoms with Gasteiger partial charge < -0.3 is 14.0 Å². The van der Waals surface area contributed by atoms with Crippen LogP contribution in [0.2, 0.25) is 0 Å². The fourth-order valence-electron chi connectivity index (χ4n) is 4.34. The van der Waals surface area contributed by atoms with Gasteiger partial charge in [0.25, 0.3) is 0 Å². The van der Waals surface area contributed by atoms with Crippen LogP contribution in [0.3, 0.4) is 0 Å². The molecule has 0 aromatic carbocycles. The van der Waals surface area contributed by atoms with Crippen molar-refractivity contribution >= 4 is 0 Å². The first kappa shape index (κ1) is 12.8. The molecular weight excluding hydrogens is 256 g/mol. The fourth-order valence-corrected chi connectivity index (χ4v) is 4.34. The Balaban J connectivity index is 1.58. The number of fused-ring (bicyclic) bond motifs is 2. The largest absolute Gasteiger partial charge is 0.381 e. The summed E-state index contributed by atoms with van der Waals surface area (Å²) in [5.41, 5.74) is -0.405. The van der Waals surface area contributed by atoms with Gasteiger partial charge in [0.2, 0.25) is 11.7 Å². The van der Waals surface area contributed by atoms with Crippen LogP contribution in [-0.2, 0) is 15.1 Å². The van der Waals surface area contributed by atoms with Crippen LogP contribution >= 0.6 is 0 Å². The summed E-state index contributed by atoms with van der Waals surface area (Å²) in [4.78, 5) is 4.72. The molecule has 2 heterocycles. The second-order valence-corrected chi connectivity index (χ2v) is 6.55. The van der Waals surface area contributed by atoms with E-state index in [1.165, 1.54) is 25.7 Å². The number of aromatic nitrogens is 2. The number of rotatable bonds is 3. The molecule has 1 aromatic heterocycles. The lowest BCUT2D eigenvalue weighted by Gasteiger charge is -2.32. The van der Waals surface area contributed by atoms with Gasteiger partial charge in [-0.05, 0) is 31.1 Å². The summed E-state index contributed by atoms with van der Waals surface area (Å²) in [6.45, 7) is 1.40. The minimum atomic E-state index is -0.405. The molecule has 2 saturated carbocycles. The Morgan fingerprint density at radius 1 is 1.20 bits per heavy atom. The molecule has 0 radical (unpaired) electrons. The predicted octanol–water partition coefficient (Wildman–Crippen LogP) is 2.63. The van der Waals surface area contributed by atoms with Gasteiger partial charge in [0.15, 0.2) is 0 Å². The van der Waals surface area contributed by atoms with E-state index in [-0.39, 0.29) is 0 Å². The second kappa shape index (κ2) is 4.81. The molecule has 3 fully saturated rings. The zero-order valence-corrected chi connectivity index (χ0v) is 12.0. The SMILES string of the molecule is COC1(c2noc([C@H]3C[C@H]4CC[C@H]3C4)n2)CCOCC1. The number of hydrogen-bond donors (Lipinski definition) is 0. The lowest BCUT2D eigenvalue weighted by Crippen LogP contribution is -2.36. The Bertz CT molecular complexity index is 481. The van der Waals surface area contributed by atoms with E-state index in [9.17, 15) is 0 Å². The third-order valence-electron chi connectivity index (χ3n) is 5.60. The number of nitrogens with zero attached hydrogens (tertiary/aromatic N) is 2. The van der Waals surface area contributed by atoms with Gasteiger partial charge in [0.05, 0.1) is 0 Å². The van der Waals surface area contributed by atoms with Crippen molar-refractivity contribution in [2.75, 3.05) is 20.3 Å². The topological polar surface area (TPSA) is 57.4 Å². The summed E-state index contributed by atoms with van der Waals surface area (Å²) in [7, 11) is 1.74. The van der Waals surface area contributed by atoms with E-state index in [0.29, 0.717) is 19.1 Å². The molecule has 1 aliphatic heterocycles. The zero-order chi connectivity index (χ0) is 13.6. The second-order valence-electron chi connectivity index (χ2n) is 6.55. The quantitative estimate of drug-likeness (QED) is 0.850. The molecule has 2 aliphatic carbocycles. The van der Waals surface area contributed by atoms with Gasteiger partial charge in [-0.2, -0.15) is 4.98 Å². The minimum Gasteiger partial charge on any atom is -0.381 e. The molecule has 2 bridgehead atoms. The predicted molar refractivity (Wildman–Crippen MR) is 71.2 cm³/mol. The summed E-state index contributed by atoms with van der Waals surface area (Å²) in [5.74, 6) is 3.71. The van der Waals surface area contributed by atoms with Crippen LogP contribution in [0.5, 0.6) is 0 Å². The van der Waals surface area contributed by atoms with E-state index in [1.807, 2.05) is 0 Å². The first-order chi connectivity index (χ1) is 9.81. The fraction of sp³-hybridized carbons (Fsp3) is 0.867. The maximum atomic E-state index is 5.74. The van der Waals surface area contributed by atoms with Gasteiger partial charge in [-0.15, -0.1) is 0 Å². The average Bonchev–Trinajstić information content (AvgIpc) is 3.23. The van der Waals surface area contributed by atoms with Crippen molar-refractivity contribution < 1.29 is 14.0 Å². The van der Waals surface area contributed by atoms with E-state index in [2.05, 4.69) is 5.16 Å². The van der Waals surface area contributed by atoms with Crippen molar-refractivity contribution in [3.63, 3.8) is 0 Å². The van der Waals surface area contributed by atoms with Crippen LogP contribution in [0.25, 0.3) is 0 Å². The van der Waals surface area contributed by atoms with E-state index in [4.69, 9.17) is 19.0 Å². The van der Waals surface area contributed by atoms with Gasteiger partial charge in [-0.3, -0.25) is 0 Å². The first-order valence-corrected chi connectivity index (χ1v) is 7.78. The molecule has 0 spiro atoms. The van der Waals surface area contributed by atoms with Crippen LogP contribution in [0.15, 0.2) is 4.52 Å². The smallest absolute Gasteiger partial charge is 0.230 e. The van der Waals surface area contributed by atoms with Gasteiger partial charge in [0.1, 0.15) is 5.60 Å². The molecule has 4 rings (SSSR count). The molecule has 20 heavy (non-hydrogen) atoms. The van der Waals surface area contributed by atoms with Crippen molar-refractivity contribution in [3.05, 3.63) is 11.7 Å². The lowest BCUT2D eigenvalue weighted by molar-refractivity contribution is -0.101. The van der Waals surface area contributed by atoms with Crippen molar-refractivity contribution in [2.45, 2.75) is 50.0 Å². The van der Waals surface area contributed by atoms with Crippen molar-refractivity contribution in [3.8, 4) is 0 Å². The van der Waals surface area contributed by atoms with E-state index in [1.54, 1.807) is 7.11 Å². The highest BCUT2D eigenvalue weighted by atomic mass is 16.5. The molecule has 5 heteroatoms. The number of hydrogen-bond acceptors (Lipinski definition) is 5. The molecule has 0 amide bonds. The number of ether oxygens (including phenoxy) is 2. The Labute approximate surface area is 119 Å². The summed E-state index contributed by atoms with van der Waals surface area (Å²) in [6.07, 6.45) is 6.91. The van der Waals surface area contributed by atoms with Gasteiger partial charge in [0, 0.05) is 39.1 Å². The van der Waals surface area contributed by atoms with Crippen molar-refractivity contribution in [2.24, 2.45) is 11.8 Å². The van der Waals surface area contributed by atoms with Gasteiger partial charge in [-0.1, -0.05) is 11.6 Å². The standard InChI is InChI=1S/C15H22N2O3/c1-18-15(4-6-19-7-5-15)14-16-13(20-17-14)12-9-10-2-3-11(12)8-10/h10-12H,2-9H2,1H3/t10-,11-,12-/m0/s1. The van der Waals surface area contributed by atoms with Crippen molar-refractivity contribution in [1.29, 1.82) is 0 Å². The molecule has 0 unspecified atom stereocenters. The zero-order valence-electron chi connectivity index (χ0n) is 12.0. The third-order valence-corrected chi connectivity index (χ3v) is 5.60. The molecule has 110 valence electrons. The van der Waals surface area contributed by atoms with E-state index < -0.39 is 5.60 Å². The number of methoxy groups -OCH3 is 1. The molecule has 3 aliphatic rings. The summed E-state index contributed by atoms with van der Waals surface area (Å²) >= 11 is 0. The molecule has 1 saturated heterocycles. The summed E-state index contributed by atoms with van der Waals surface area (Å²) in [6, 6.07) is 0. The van der Waals surface area contributed by atoms with Crippen LogP contribution < -0.4 is 0 Å². The van der Waals surface area contributed by atoms with Crippen LogP contribution in [0.1, 0.15) is 56.2 Å². The highest BCUT2D eigenvalue weighted by molar-refractivity contribution is 5.09. The molecule has 0 N–H and O–H groups in total. The van der Waals surface area contributed by atoms with Gasteiger partial charge in [-0.25, -0.2) is 0 Å². The third kappa shape index (κ3) is 1.91. The normalized spacial score (nSPS) is 35.5. The van der Waals surface area contributed by atoms with Crippen LogP contribution in [-0.4, -0.2) is 30.5 Å². The minimum absolute atomic E-state index is 0.405. The Hall–Kier alpha value is -0.940. The lowest BCUT2D eigenvalue weighted by atomic mass is 9.88. The Morgan fingerprint density at radius 3 is 2.70 bits per heavy atom. The van der Waals surface area contributed by atoms with E-state index in [0.717, 1.165) is 36.4 Å². The first-order valence-electron chi connectivity index (χ1n) is 7.78. The van der Waals surface area contributed by atoms with Gasteiger partial charge >= 0.3 is 0 Å². The van der Waals surface area contributed by atoms with Crippen LogP contribution in [0, 0.1) is 11.8 Å². The molecule has 5 nitrogen and oxygen atoms in total. The highest BCUT2D eigenvalue weighted by Crippen LogP contribution is 2.52. The summed E-state index contributed by atoms with van der Waals surface area (Å²) < 4.78 is 16.8. The van der Waals surface area contributed by atoms with Crippen LogP contribution in [0.4, 0.5) is 0 Å². The maximum absolute atomic E-state index is 5.74. The van der Waals surface area contributed by atoms with Crippen molar-refractivity contribution in [1.82, 2.24) is 10.1 Å². The summed E-state index contributed by atoms with van der Waals surface area (Å²) in [5, 5.41) is 4.24.